The maximum Gasteiger partial charge on any atom is 0.327 e. The Balaban J connectivity index is 1.51. The van der Waals surface area contributed by atoms with Gasteiger partial charge < -0.3 is 21.1 Å². The summed E-state index contributed by atoms with van der Waals surface area (Å²) in [5.41, 5.74) is 8.89. The number of thiophene rings is 1. The minimum absolute atomic E-state index is 0.251. The lowest BCUT2D eigenvalue weighted by Crippen LogP contribution is -2.51. The summed E-state index contributed by atoms with van der Waals surface area (Å²) in [5.74, 6) is -3.11. The fourth-order valence-electron chi connectivity index (χ4n) is 4.36. The average molecular weight is 583 g/mol. The Morgan fingerprint density at radius 1 is 1.07 bits per heavy atom. The molecule has 210 valence electrons. The van der Waals surface area contributed by atoms with E-state index in [9.17, 15) is 27.9 Å². The molecule has 0 fully saturated rings. The first kappa shape index (κ1) is 29.0. The summed E-state index contributed by atoms with van der Waals surface area (Å²) in [6, 6.07) is 13.5. The molecule has 2 aromatic heterocycles. The molecule has 5 N–H and O–H groups in total. The number of aliphatic carboxylic acids is 1. The van der Waals surface area contributed by atoms with Crippen LogP contribution in [0.5, 0.6) is 0 Å². The first-order valence-corrected chi connectivity index (χ1v) is 14.9. The predicted molar refractivity (Wildman–Crippen MR) is 152 cm³/mol. The smallest absolute Gasteiger partial charge is 0.327 e. The summed E-state index contributed by atoms with van der Waals surface area (Å²) in [6.45, 7) is 2.06. The summed E-state index contributed by atoms with van der Waals surface area (Å²) in [6.07, 6.45) is 1.67. The third kappa shape index (κ3) is 6.41. The van der Waals surface area contributed by atoms with Gasteiger partial charge in [0.05, 0.1) is 4.90 Å². The van der Waals surface area contributed by atoms with Crippen molar-refractivity contribution >= 4 is 50.0 Å². The third-order valence-electron chi connectivity index (χ3n) is 6.52. The van der Waals surface area contributed by atoms with E-state index in [1.807, 2.05) is 30.5 Å². The number of amides is 2. The zero-order valence-electron chi connectivity index (χ0n) is 21.7. The molecule has 0 spiro atoms. The van der Waals surface area contributed by atoms with Crippen LogP contribution in [0.4, 0.5) is 0 Å². The number of H-pyrrole nitrogens is 1. The number of rotatable bonds is 12. The molecule has 0 aliphatic carbocycles. The number of aromatic nitrogens is 1. The van der Waals surface area contributed by atoms with Gasteiger partial charge in [0.15, 0.2) is 0 Å². The van der Waals surface area contributed by atoms with Crippen LogP contribution < -0.4 is 11.1 Å². The number of hydrogen-bond donors (Lipinski definition) is 4. The van der Waals surface area contributed by atoms with E-state index in [1.54, 1.807) is 36.6 Å². The van der Waals surface area contributed by atoms with Crippen molar-refractivity contribution in [3.05, 3.63) is 88.2 Å². The highest BCUT2D eigenvalue weighted by atomic mass is 32.2. The molecule has 4 aromatic rings. The van der Waals surface area contributed by atoms with Crippen molar-refractivity contribution in [2.24, 2.45) is 5.73 Å². The van der Waals surface area contributed by atoms with E-state index in [0.717, 1.165) is 33.4 Å². The van der Waals surface area contributed by atoms with Gasteiger partial charge in [-0.05, 0) is 55.0 Å². The number of nitrogens with zero attached hydrogens (tertiary/aromatic N) is 1. The topological polar surface area (TPSA) is 163 Å². The van der Waals surface area contributed by atoms with Gasteiger partial charge in [-0.1, -0.05) is 42.0 Å². The minimum atomic E-state index is -4.62. The van der Waals surface area contributed by atoms with Crippen LogP contribution in [0.15, 0.2) is 77.1 Å². The van der Waals surface area contributed by atoms with Crippen LogP contribution in [0.25, 0.3) is 10.9 Å². The summed E-state index contributed by atoms with van der Waals surface area (Å²) in [7, 11) is -4.62. The van der Waals surface area contributed by atoms with Gasteiger partial charge in [0.2, 0.25) is 5.91 Å². The number of hydrogen-bond acceptors (Lipinski definition) is 7. The zero-order valence-corrected chi connectivity index (χ0v) is 23.4. The van der Waals surface area contributed by atoms with Crippen molar-refractivity contribution in [1.29, 1.82) is 0 Å². The number of benzene rings is 2. The second kappa shape index (κ2) is 12.5. The largest absolute Gasteiger partial charge is 0.480 e. The molecule has 0 saturated carbocycles. The molecule has 2 atom stereocenters. The molecule has 0 bridgehead atoms. The number of carbonyl (C=O) groups is 3. The molecule has 40 heavy (non-hydrogen) atoms. The summed E-state index contributed by atoms with van der Waals surface area (Å²) >= 11 is 1.15. The number of sulfonamides is 1. The minimum Gasteiger partial charge on any atom is -0.480 e. The Labute approximate surface area is 235 Å². The number of fused-ring (bicyclic) bond motifs is 1. The van der Waals surface area contributed by atoms with Crippen LogP contribution in [-0.2, 0) is 30.8 Å². The van der Waals surface area contributed by atoms with Crippen LogP contribution >= 0.6 is 11.3 Å². The molecule has 0 radical (unpaired) electrons. The molecule has 4 rings (SSSR count). The van der Waals surface area contributed by atoms with Crippen LogP contribution in [0.1, 0.15) is 34.9 Å². The second-order valence-electron chi connectivity index (χ2n) is 9.30. The predicted octanol–water partition coefficient (Wildman–Crippen LogP) is 3.35. The lowest BCUT2D eigenvalue weighted by atomic mass is 10.1. The fraction of sp³-hybridized carbons (Fsp3) is 0.250. The number of aryl methyl sites for hydroxylation is 1. The lowest BCUT2D eigenvalue weighted by Gasteiger charge is -2.30. The van der Waals surface area contributed by atoms with Crippen molar-refractivity contribution in [2.75, 3.05) is 6.54 Å². The standard InChI is InChI=1S/C28H30N4O6S2/c1-18-8-10-20(11-9-18)40(37,38)32(27(34)26(29)24-7-4-16-39-24)23(28(35)36)12-13-25(33)30-15-14-19-17-31-22-6-3-2-5-21(19)22/h2-11,16-17,23,26,31H,12-15,29H2,1H3,(H,30,33)(H,35,36)/t23-,26?/m0/s1. The summed E-state index contributed by atoms with van der Waals surface area (Å²) < 4.78 is 27.6. The summed E-state index contributed by atoms with van der Waals surface area (Å²) in [4.78, 5) is 41.8. The Kier molecular flexibility index (Phi) is 9.03. The molecule has 0 aliphatic rings. The van der Waals surface area contributed by atoms with Crippen molar-refractivity contribution in [1.82, 2.24) is 14.6 Å². The molecule has 2 aromatic carbocycles. The van der Waals surface area contributed by atoms with Crippen LogP contribution in [-0.4, -0.2) is 53.2 Å². The van der Waals surface area contributed by atoms with Crippen molar-refractivity contribution < 1.29 is 27.9 Å². The molecule has 2 amide bonds. The van der Waals surface area contributed by atoms with Crippen molar-refractivity contribution in [3.63, 3.8) is 0 Å². The highest BCUT2D eigenvalue weighted by Gasteiger charge is 2.42. The number of carbonyl (C=O) groups excluding carboxylic acids is 2. The number of nitrogens with two attached hydrogens (primary N) is 1. The fourth-order valence-corrected chi connectivity index (χ4v) is 6.67. The van der Waals surface area contributed by atoms with E-state index in [0.29, 0.717) is 22.1 Å². The molecule has 10 nitrogen and oxygen atoms in total. The molecular formula is C28H30N4O6S2. The second-order valence-corrected chi connectivity index (χ2v) is 12.1. The van der Waals surface area contributed by atoms with Crippen LogP contribution in [0.3, 0.4) is 0 Å². The van der Waals surface area contributed by atoms with Gasteiger partial charge in [-0.15, -0.1) is 11.3 Å². The molecule has 0 saturated heterocycles. The normalized spacial score (nSPS) is 13.1. The van der Waals surface area contributed by atoms with Crippen LogP contribution in [0.2, 0.25) is 0 Å². The van der Waals surface area contributed by atoms with E-state index in [4.69, 9.17) is 5.73 Å². The van der Waals surface area contributed by atoms with E-state index < -0.39 is 46.3 Å². The Morgan fingerprint density at radius 2 is 1.80 bits per heavy atom. The van der Waals surface area contributed by atoms with Gasteiger partial charge in [0.25, 0.3) is 15.9 Å². The SMILES string of the molecule is Cc1ccc(S(=O)(=O)N(C(=O)C(N)c2cccs2)[C@@H](CCC(=O)NCCc2c[nH]c3ccccc23)C(=O)O)cc1. The van der Waals surface area contributed by atoms with Crippen LogP contribution in [0, 0.1) is 6.92 Å². The maximum absolute atomic E-state index is 13.6. The molecule has 0 aliphatic heterocycles. The first-order chi connectivity index (χ1) is 19.1. The number of nitrogens with one attached hydrogen (secondary N) is 2. The van der Waals surface area contributed by atoms with Crippen molar-refractivity contribution in [3.8, 4) is 0 Å². The van der Waals surface area contributed by atoms with Gasteiger partial charge in [0.1, 0.15) is 12.1 Å². The lowest BCUT2D eigenvalue weighted by molar-refractivity contribution is -0.147. The number of para-hydroxylation sites is 1. The Bertz CT molecular complexity index is 1600. The van der Waals surface area contributed by atoms with Gasteiger partial charge in [0, 0.05) is 34.9 Å². The number of aromatic amines is 1. The third-order valence-corrected chi connectivity index (χ3v) is 9.29. The quantitative estimate of drug-likeness (QED) is 0.199. The van der Waals surface area contributed by atoms with Crippen molar-refractivity contribution in [2.45, 2.75) is 43.2 Å². The number of carboxylic acids is 1. The molecule has 12 heteroatoms. The van der Waals surface area contributed by atoms with Gasteiger partial charge >= 0.3 is 5.97 Å². The van der Waals surface area contributed by atoms with E-state index in [2.05, 4.69) is 10.3 Å². The first-order valence-electron chi connectivity index (χ1n) is 12.6. The van der Waals surface area contributed by atoms with E-state index in [1.165, 1.54) is 12.1 Å². The highest BCUT2D eigenvalue weighted by Crippen LogP contribution is 2.27. The number of carboxylic acid groups (broad SMARTS) is 1. The Hall–Kier alpha value is -4.00. The highest BCUT2D eigenvalue weighted by molar-refractivity contribution is 7.89. The molecule has 2 heterocycles. The summed E-state index contributed by atoms with van der Waals surface area (Å²) in [5, 5.41) is 15.5. The van der Waals surface area contributed by atoms with Gasteiger partial charge in [-0.3, -0.25) is 9.59 Å². The molecule has 1 unspecified atom stereocenters. The average Bonchev–Trinajstić information content (AvgIpc) is 3.61. The van der Waals surface area contributed by atoms with E-state index in [-0.39, 0.29) is 11.3 Å². The maximum atomic E-state index is 13.6. The van der Waals surface area contributed by atoms with Gasteiger partial charge in [-0.2, -0.15) is 0 Å². The zero-order chi connectivity index (χ0) is 28.9. The monoisotopic (exact) mass is 582 g/mol. The van der Waals surface area contributed by atoms with Gasteiger partial charge in [-0.25, -0.2) is 17.5 Å². The molecular weight excluding hydrogens is 552 g/mol. The Morgan fingerprint density at radius 3 is 2.48 bits per heavy atom. The van der Waals surface area contributed by atoms with E-state index >= 15 is 0 Å².